The Balaban J connectivity index is 1.04. The summed E-state index contributed by atoms with van der Waals surface area (Å²) in [4.78, 5) is 0. The molecule has 0 aliphatic heterocycles. The van der Waals surface area contributed by atoms with Gasteiger partial charge < -0.3 is 4.42 Å². The van der Waals surface area contributed by atoms with Crippen molar-refractivity contribution in [3.05, 3.63) is 194 Å². The summed E-state index contributed by atoms with van der Waals surface area (Å²) in [5, 5.41) is 20.1. The summed E-state index contributed by atoms with van der Waals surface area (Å²) in [6, 6.07) is 71.6. The summed E-state index contributed by atoms with van der Waals surface area (Å²) in [6.07, 6.45) is 0. The van der Waals surface area contributed by atoms with Crippen LogP contribution in [0, 0.1) is 0 Å². The third-order valence-electron chi connectivity index (χ3n) is 12.5. The van der Waals surface area contributed by atoms with Gasteiger partial charge in [-0.1, -0.05) is 164 Å². The van der Waals surface area contributed by atoms with Crippen LogP contribution in [-0.4, -0.2) is 0 Å². The van der Waals surface area contributed by atoms with Gasteiger partial charge in [0.1, 0.15) is 11.2 Å². The van der Waals surface area contributed by atoms with Crippen LogP contribution in [0.25, 0.3) is 131 Å². The van der Waals surface area contributed by atoms with Crippen LogP contribution in [0.3, 0.4) is 0 Å². The van der Waals surface area contributed by atoms with E-state index in [9.17, 15) is 0 Å². The van der Waals surface area contributed by atoms with Crippen LogP contribution >= 0.6 is 0 Å². The van der Waals surface area contributed by atoms with Gasteiger partial charge in [0.25, 0.3) is 0 Å². The van der Waals surface area contributed by atoms with E-state index in [1.165, 1.54) is 97.7 Å². The van der Waals surface area contributed by atoms with E-state index in [4.69, 9.17) is 4.42 Å². The van der Waals surface area contributed by atoms with Crippen molar-refractivity contribution in [3.8, 4) is 33.4 Å². The smallest absolute Gasteiger partial charge is 0.136 e. The lowest BCUT2D eigenvalue weighted by Gasteiger charge is -2.16. The van der Waals surface area contributed by atoms with Crippen molar-refractivity contribution in [2.45, 2.75) is 0 Å². The Morgan fingerprint density at radius 2 is 0.842 bits per heavy atom. The van der Waals surface area contributed by atoms with Gasteiger partial charge in [0, 0.05) is 10.8 Å². The molecular weight excluding hydrogens is 689 g/mol. The molecule has 57 heavy (non-hydrogen) atoms. The summed E-state index contributed by atoms with van der Waals surface area (Å²) < 4.78 is 6.82. The highest BCUT2D eigenvalue weighted by molar-refractivity contribution is 6.28. The molecular formula is C56H32O. The molecule has 0 spiro atoms. The minimum Gasteiger partial charge on any atom is -0.456 e. The SMILES string of the molecule is c1ccc2cc3c(cc2c1)oc1cc(-c2ccc(-c4cc5ccc6ccccc6c5c5ccccc45)cc2)cc(-c2ccc4ccc5cccc6ccc2c4c56)c13. The molecule has 1 heterocycles. The zero-order chi connectivity index (χ0) is 37.2. The predicted octanol–water partition coefficient (Wildman–Crippen LogP) is 16.1. The third kappa shape index (κ3) is 4.46. The molecule has 0 saturated heterocycles. The first-order valence-electron chi connectivity index (χ1n) is 19.7. The fourth-order valence-electron chi connectivity index (χ4n) is 9.90. The largest absolute Gasteiger partial charge is 0.456 e. The summed E-state index contributed by atoms with van der Waals surface area (Å²) in [5.74, 6) is 0. The molecule has 0 fully saturated rings. The summed E-state index contributed by atoms with van der Waals surface area (Å²) in [7, 11) is 0. The van der Waals surface area contributed by atoms with Crippen molar-refractivity contribution in [1.29, 1.82) is 0 Å². The van der Waals surface area contributed by atoms with E-state index in [1.807, 2.05) is 0 Å². The first-order valence-corrected chi connectivity index (χ1v) is 19.7. The summed E-state index contributed by atoms with van der Waals surface area (Å²) in [5.41, 5.74) is 8.94. The van der Waals surface area contributed by atoms with Gasteiger partial charge in [0.05, 0.1) is 0 Å². The lowest BCUT2D eigenvalue weighted by molar-refractivity contribution is 0.669. The average Bonchev–Trinajstić information content (AvgIpc) is 3.64. The second kappa shape index (κ2) is 11.5. The van der Waals surface area contributed by atoms with Crippen LogP contribution in [0.15, 0.2) is 199 Å². The zero-order valence-corrected chi connectivity index (χ0v) is 30.9. The maximum absolute atomic E-state index is 6.82. The molecule has 0 radical (unpaired) electrons. The highest BCUT2D eigenvalue weighted by Crippen LogP contribution is 2.46. The van der Waals surface area contributed by atoms with Crippen molar-refractivity contribution in [1.82, 2.24) is 0 Å². The van der Waals surface area contributed by atoms with Crippen LogP contribution in [0.1, 0.15) is 0 Å². The topological polar surface area (TPSA) is 13.1 Å². The van der Waals surface area contributed by atoms with Crippen LogP contribution in [-0.2, 0) is 0 Å². The molecule has 0 atom stereocenters. The molecule has 0 aliphatic carbocycles. The number of fused-ring (bicyclic) bond motifs is 9. The van der Waals surface area contributed by atoms with Gasteiger partial charge in [-0.2, -0.15) is 0 Å². The van der Waals surface area contributed by atoms with Crippen LogP contribution in [0.2, 0.25) is 0 Å². The van der Waals surface area contributed by atoms with E-state index in [1.54, 1.807) is 0 Å². The minimum absolute atomic E-state index is 0.898. The molecule has 1 aromatic heterocycles. The Kier molecular flexibility index (Phi) is 6.23. The van der Waals surface area contributed by atoms with E-state index in [0.29, 0.717) is 0 Å². The predicted molar refractivity (Wildman–Crippen MR) is 244 cm³/mol. The van der Waals surface area contributed by atoms with Crippen molar-refractivity contribution < 1.29 is 4.42 Å². The molecule has 0 amide bonds. The van der Waals surface area contributed by atoms with Crippen LogP contribution < -0.4 is 0 Å². The molecule has 13 aromatic rings. The van der Waals surface area contributed by atoms with Gasteiger partial charge >= 0.3 is 0 Å². The number of hydrogen-bond acceptors (Lipinski definition) is 1. The first kappa shape index (κ1) is 30.8. The Bertz CT molecular complexity index is 3770. The highest BCUT2D eigenvalue weighted by atomic mass is 16.3. The standard InChI is InChI=1S/C56H32O/c1-2-10-40-31-51-50(28-39(40)9-1)56-49(45-26-24-38-22-21-36-11-7-12-37-25-27-47(45)55(38)53(36)37)30-42(32-52(56)57-51)33-16-18-35(19-17-33)48-29-41-23-20-34-8-3-4-13-43(34)54(41)46-15-6-5-14-44(46)48/h1-32H. The first-order chi connectivity index (χ1) is 28.2. The number of benzene rings is 12. The molecule has 1 heteroatoms. The second-order valence-electron chi connectivity index (χ2n) is 15.6. The van der Waals surface area contributed by atoms with Crippen molar-refractivity contribution >= 4 is 97.3 Å². The lowest BCUT2D eigenvalue weighted by atomic mass is 9.87. The maximum atomic E-state index is 6.82. The van der Waals surface area contributed by atoms with Gasteiger partial charge in [0.15, 0.2) is 0 Å². The Hall–Kier alpha value is -7.48. The molecule has 0 unspecified atom stereocenters. The van der Waals surface area contributed by atoms with Crippen LogP contribution in [0.5, 0.6) is 0 Å². The zero-order valence-electron chi connectivity index (χ0n) is 30.9. The fraction of sp³-hybridized carbons (Fsp3) is 0. The monoisotopic (exact) mass is 720 g/mol. The van der Waals surface area contributed by atoms with E-state index < -0.39 is 0 Å². The Morgan fingerprint density at radius 1 is 0.228 bits per heavy atom. The van der Waals surface area contributed by atoms with Crippen molar-refractivity contribution in [3.63, 3.8) is 0 Å². The number of rotatable bonds is 3. The van der Waals surface area contributed by atoms with Crippen molar-refractivity contribution in [2.24, 2.45) is 0 Å². The molecule has 12 aromatic carbocycles. The normalized spacial score (nSPS) is 12.2. The fourth-order valence-corrected chi connectivity index (χ4v) is 9.90. The molecule has 0 bridgehead atoms. The maximum Gasteiger partial charge on any atom is 0.136 e. The molecule has 0 aliphatic rings. The summed E-state index contributed by atoms with van der Waals surface area (Å²) in [6.45, 7) is 0. The lowest BCUT2D eigenvalue weighted by Crippen LogP contribution is -1.89. The highest BCUT2D eigenvalue weighted by Gasteiger charge is 2.20. The minimum atomic E-state index is 0.898. The van der Waals surface area contributed by atoms with E-state index in [0.717, 1.165) is 33.1 Å². The Morgan fingerprint density at radius 3 is 1.67 bits per heavy atom. The number of furan rings is 1. The van der Waals surface area contributed by atoms with E-state index in [2.05, 4.69) is 194 Å². The average molecular weight is 721 g/mol. The Labute approximate surface area is 328 Å². The van der Waals surface area contributed by atoms with Gasteiger partial charge in [-0.3, -0.25) is 0 Å². The van der Waals surface area contributed by atoms with Gasteiger partial charge in [-0.15, -0.1) is 0 Å². The number of hydrogen-bond donors (Lipinski definition) is 0. The quantitative estimate of drug-likeness (QED) is 0.166. The van der Waals surface area contributed by atoms with E-state index >= 15 is 0 Å². The molecule has 1 nitrogen and oxygen atoms in total. The summed E-state index contributed by atoms with van der Waals surface area (Å²) >= 11 is 0. The second-order valence-corrected chi connectivity index (χ2v) is 15.6. The molecule has 262 valence electrons. The van der Waals surface area contributed by atoms with E-state index in [-0.39, 0.29) is 0 Å². The molecule has 13 rings (SSSR count). The third-order valence-corrected chi connectivity index (χ3v) is 12.5. The van der Waals surface area contributed by atoms with Gasteiger partial charge in [0.2, 0.25) is 0 Å². The van der Waals surface area contributed by atoms with Crippen LogP contribution in [0.4, 0.5) is 0 Å². The molecule has 0 N–H and O–H groups in total. The van der Waals surface area contributed by atoms with Gasteiger partial charge in [-0.25, -0.2) is 0 Å². The van der Waals surface area contributed by atoms with Crippen molar-refractivity contribution in [2.75, 3.05) is 0 Å². The van der Waals surface area contributed by atoms with Gasteiger partial charge in [-0.05, 0) is 139 Å². The molecule has 0 saturated carbocycles.